The SMILES string of the molecule is Nc1ccccc1C(=O)N1CCSC2(CCCCC2)C1. The fraction of sp³-hybridized carbons (Fsp3) is 0.562. The summed E-state index contributed by atoms with van der Waals surface area (Å²) < 4.78 is 0.315. The summed E-state index contributed by atoms with van der Waals surface area (Å²) in [5, 5.41) is 0. The molecule has 1 aliphatic heterocycles. The molecule has 3 nitrogen and oxygen atoms in total. The minimum atomic E-state index is 0.105. The van der Waals surface area contributed by atoms with Crippen LogP contribution in [0.4, 0.5) is 5.69 Å². The van der Waals surface area contributed by atoms with E-state index in [2.05, 4.69) is 11.8 Å². The number of carbonyl (C=O) groups is 1. The Kier molecular flexibility index (Phi) is 3.92. The predicted octanol–water partition coefficient (Wildman–Crippen LogP) is 3.16. The summed E-state index contributed by atoms with van der Waals surface area (Å²) in [5.41, 5.74) is 7.19. The molecule has 0 atom stereocenters. The topological polar surface area (TPSA) is 46.3 Å². The van der Waals surface area contributed by atoms with Crippen LogP contribution in [0.1, 0.15) is 42.5 Å². The van der Waals surface area contributed by atoms with Crippen LogP contribution in [-0.2, 0) is 0 Å². The number of benzene rings is 1. The van der Waals surface area contributed by atoms with Crippen molar-refractivity contribution in [1.82, 2.24) is 4.90 Å². The normalized spacial score (nSPS) is 21.9. The van der Waals surface area contributed by atoms with Crippen molar-refractivity contribution in [3.8, 4) is 0 Å². The van der Waals surface area contributed by atoms with E-state index in [-0.39, 0.29) is 5.91 Å². The number of para-hydroxylation sites is 1. The van der Waals surface area contributed by atoms with Gasteiger partial charge in [0.1, 0.15) is 0 Å². The number of carbonyl (C=O) groups excluding carboxylic acids is 1. The Balaban J connectivity index is 1.77. The first-order valence-electron chi connectivity index (χ1n) is 7.48. The van der Waals surface area contributed by atoms with Crippen molar-refractivity contribution in [2.24, 2.45) is 0 Å². The molecule has 0 unspecified atom stereocenters. The molecule has 0 radical (unpaired) electrons. The molecule has 2 fully saturated rings. The highest BCUT2D eigenvalue weighted by Gasteiger charge is 2.38. The molecule has 1 saturated carbocycles. The first kappa shape index (κ1) is 13.8. The maximum Gasteiger partial charge on any atom is 0.256 e. The van der Waals surface area contributed by atoms with Gasteiger partial charge in [0.05, 0.1) is 5.56 Å². The maximum absolute atomic E-state index is 12.7. The van der Waals surface area contributed by atoms with Crippen LogP contribution < -0.4 is 5.73 Å². The molecule has 2 aliphatic rings. The second-order valence-corrected chi connectivity index (χ2v) is 7.47. The second-order valence-electron chi connectivity index (χ2n) is 5.91. The quantitative estimate of drug-likeness (QED) is 0.808. The fourth-order valence-corrected chi connectivity index (χ4v) is 4.95. The molecule has 4 heteroatoms. The monoisotopic (exact) mass is 290 g/mol. The molecule has 1 aliphatic carbocycles. The molecule has 1 spiro atoms. The first-order chi connectivity index (χ1) is 9.70. The number of rotatable bonds is 1. The lowest BCUT2D eigenvalue weighted by molar-refractivity contribution is 0.0731. The molecule has 1 aromatic carbocycles. The maximum atomic E-state index is 12.7. The van der Waals surface area contributed by atoms with Crippen LogP contribution in [0.2, 0.25) is 0 Å². The van der Waals surface area contributed by atoms with Crippen molar-refractivity contribution >= 4 is 23.4 Å². The van der Waals surface area contributed by atoms with E-state index in [1.54, 1.807) is 0 Å². The molecule has 20 heavy (non-hydrogen) atoms. The Morgan fingerprint density at radius 2 is 1.95 bits per heavy atom. The zero-order valence-corrected chi connectivity index (χ0v) is 12.6. The number of nitrogen functional groups attached to an aromatic ring is 1. The van der Waals surface area contributed by atoms with Crippen LogP contribution >= 0.6 is 11.8 Å². The van der Waals surface area contributed by atoms with Gasteiger partial charge in [-0.1, -0.05) is 31.4 Å². The summed E-state index contributed by atoms with van der Waals surface area (Å²) in [5.74, 6) is 1.16. The van der Waals surface area contributed by atoms with Crippen molar-refractivity contribution in [3.63, 3.8) is 0 Å². The van der Waals surface area contributed by atoms with Crippen LogP contribution in [0.15, 0.2) is 24.3 Å². The first-order valence-corrected chi connectivity index (χ1v) is 8.47. The highest BCUT2D eigenvalue weighted by atomic mass is 32.2. The van der Waals surface area contributed by atoms with Gasteiger partial charge >= 0.3 is 0 Å². The number of nitrogens with two attached hydrogens (primary N) is 1. The van der Waals surface area contributed by atoms with Gasteiger partial charge in [-0.15, -0.1) is 0 Å². The molecule has 108 valence electrons. The van der Waals surface area contributed by atoms with Gasteiger partial charge in [-0.3, -0.25) is 4.79 Å². The van der Waals surface area contributed by atoms with Crippen molar-refractivity contribution in [3.05, 3.63) is 29.8 Å². The van der Waals surface area contributed by atoms with Crippen molar-refractivity contribution in [2.75, 3.05) is 24.6 Å². The molecule has 2 N–H and O–H groups in total. The van der Waals surface area contributed by atoms with Gasteiger partial charge in [-0.2, -0.15) is 11.8 Å². The number of anilines is 1. The molecule has 0 bridgehead atoms. The summed E-state index contributed by atoms with van der Waals surface area (Å²) in [7, 11) is 0. The fourth-order valence-electron chi connectivity index (χ4n) is 3.38. The van der Waals surface area contributed by atoms with Gasteiger partial charge in [-0.25, -0.2) is 0 Å². The van der Waals surface area contributed by atoms with Gasteiger partial charge in [0.15, 0.2) is 0 Å². The van der Waals surface area contributed by atoms with Gasteiger partial charge in [0, 0.05) is 29.3 Å². The number of thioether (sulfide) groups is 1. The Labute approximate surface area is 124 Å². The van der Waals surface area contributed by atoms with E-state index in [1.807, 2.05) is 29.2 Å². The van der Waals surface area contributed by atoms with Crippen LogP contribution in [0.25, 0.3) is 0 Å². The molecule has 1 saturated heterocycles. The third-order valence-electron chi connectivity index (χ3n) is 4.49. The zero-order chi connectivity index (χ0) is 14.0. The third kappa shape index (κ3) is 2.66. The van der Waals surface area contributed by atoms with E-state index in [0.29, 0.717) is 16.0 Å². The van der Waals surface area contributed by atoms with E-state index in [1.165, 1.54) is 32.1 Å². The highest BCUT2D eigenvalue weighted by Crippen LogP contribution is 2.43. The lowest BCUT2D eigenvalue weighted by atomic mass is 9.87. The summed E-state index contributed by atoms with van der Waals surface area (Å²) in [4.78, 5) is 14.7. The predicted molar refractivity (Wildman–Crippen MR) is 85.0 cm³/mol. The summed E-state index contributed by atoms with van der Waals surface area (Å²) in [6, 6.07) is 7.41. The molecular formula is C16H22N2OS. The average Bonchev–Trinajstić information content (AvgIpc) is 2.48. The van der Waals surface area contributed by atoms with Crippen LogP contribution in [-0.4, -0.2) is 34.4 Å². The van der Waals surface area contributed by atoms with E-state index in [0.717, 1.165) is 18.8 Å². The van der Waals surface area contributed by atoms with Crippen molar-refractivity contribution < 1.29 is 4.79 Å². The zero-order valence-electron chi connectivity index (χ0n) is 11.8. The van der Waals surface area contributed by atoms with Gasteiger partial charge in [0.2, 0.25) is 0 Å². The number of hydrogen-bond acceptors (Lipinski definition) is 3. The van der Waals surface area contributed by atoms with Crippen LogP contribution in [0, 0.1) is 0 Å². The standard InChI is InChI=1S/C16H22N2OS/c17-14-7-3-2-6-13(14)15(19)18-10-11-20-16(12-18)8-4-1-5-9-16/h2-3,6-7H,1,4-5,8-12,17H2. The minimum absolute atomic E-state index is 0.105. The highest BCUT2D eigenvalue weighted by molar-refractivity contribution is 8.00. The average molecular weight is 290 g/mol. The van der Waals surface area contributed by atoms with E-state index < -0.39 is 0 Å². The molecule has 0 aromatic heterocycles. The third-order valence-corrected chi connectivity index (χ3v) is 6.03. The molecular weight excluding hydrogens is 268 g/mol. The van der Waals surface area contributed by atoms with Gasteiger partial charge < -0.3 is 10.6 Å². The number of amides is 1. The smallest absolute Gasteiger partial charge is 0.256 e. The number of nitrogens with zero attached hydrogens (tertiary/aromatic N) is 1. The Bertz CT molecular complexity index is 491. The lowest BCUT2D eigenvalue weighted by Crippen LogP contribution is -2.50. The van der Waals surface area contributed by atoms with Crippen molar-refractivity contribution in [1.29, 1.82) is 0 Å². The largest absolute Gasteiger partial charge is 0.398 e. The summed E-state index contributed by atoms with van der Waals surface area (Å²) >= 11 is 2.08. The Hall–Kier alpha value is -1.16. The van der Waals surface area contributed by atoms with Crippen LogP contribution in [0.3, 0.4) is 0 Å². The van der Waals surface area contributed by atoms with Crippen molar-refractivity contribution in [2.45, 2.75) is 36.9 Å². The summed E-state index contributed by atoms with van der Waals surface area (Å²) in [6.07, 6.45) is 6.48. The van der Waals surface area contributed by atoms with E-state index in [9.17, 15) is 4.79 Å². The Morgan fingerprint density at radius 1 is 1.20 bits per heavy atom. The molecule has 1 heterocycles. The summed E-state index contributed by atoms with van der Waals surface area (Å²) in [6.45, 7) is 1.74. The molecule has 1 amide bonds. The molecule has 3 rings (SSSR count). The van der Waals surface area contributed by atoms with E-state index >= 15 is 0 Å². The molecule has 1 aromatic rings. The second kappa shape index (κ2) is 5.68. The Morgan fingerprint density at radius 3 is 2.70 bits per heavy atom. The van der Waals surface area contributed by atoms with E-state index in [4.69, 9.17) is 5.73 Å². The van der Waals surface area contributed by atoms with Gasteiger partial charge in [0.25, 0.3) is 5.91 Å². The van der Waals surface area contributed by atoms with Crippen LogP contribution in [0.5, 0.6) is 0 Å². The van der Waals surface area contributed by atoms with Gasteiger partial charge in [-0.05, 0) is 25.0 Å². The lowest BCUT2D eigenvalue weighted by Gasteiger charge is -2.44. The number of hydrogen-bond donors (Lipinski definition) is 1. The minimum Gasteiger partial charge on any atom is -0.398 e.